The number of benzene rings is 2. The number of thioether (sulfide) groups is 1. The highest BCUT2D eigenvalue weighted by molar-refractivity contribution is 8.04. The van der Waals surface area contributed by atoms with E-state index in [0.29, 0.717) is 11.3 Å². The van der Waals surface area contributed by atoms with Crippen molar-refractivity contribution in [1.29, 1.82) is 0 Å². The third-order valence-electron chi connectivity index (χ3n) is 4.22. The number of hydrogen-bond donors (Lipinski definition) is 0. The maximum atomic E-state index is 13.4. The van der Waals surface area contributed by atoms with Crippen LogP contribution in [0.4, 0.5) is 8.78 Å². The van der Waals surface area contributed by atoms with Crippen molar-refractivity contribution in [3.63, 3.8) is 0 Å². The second-order valence-corrected chi connectivity index (χ2v) is 14.4. The number of alkyl halides is 3. The summed E-state index contributed by atoms with van der Waals surface area (Å²) in [5, 5.41) is 6.66. The Morgan fingerprint density at radius 2 is 1.44 bits per heavy atom. The van der Waals surface area contributed by atoms with Crippen LogP contribution in [0.3, 0.4) is 0 Å². The van der Waals surface area contributed by atoms with Crippen LogP contribution in [0.1, 0.15) is 0 Å². The van der Waals surface area contributed by atoms with Crippen LogP contribution < -0.4 is 10.4 Å². The molecule has 0 amide bonds. The van der Waals surface area contributed by atoms with E-state index in [0.717, 1.165) is 22.1 Å². The van der Waals surface area contributed by atoms with E-state index in [-0.39, 0.29) is 11.6 Å². The summed E-state index contributed by atoms with van der Waals surface area (Å²) >= 11 is 18.6. The van der Waals surface area contributed by atoms with Crippen molar-refractivity contribution in [3.8, 4) is 0 Å². The standard InChI is InChI=1S/C17H14Cl3F2N3SSi/c1-27(14-6-2-12(21)3-7-14,15-8-4-13(22)5-9-15)11-25-16(23-10-24-25)26-17(18,19)20/h2-10H,11H2,1H3. The smallest absolute Gasteiger partial charge is 0.243 e. The van der Waals surface area contributed by atoms with Crippen molar-refractivity contribution in [2.75, 3.05) is 0 Å². The summed E-state index contributed by atoms with van der Waals surface area (Å²) in [7, 11) is -2.47. The van der Waals surface area contributed by atoms with Gasteiger partial charge in [0, 0.05) is 6.17 Å². The summed E-state index contributed by atoms with van der Waals surface area (Å²) in [5.74, 6) is -0.634. The van der Waals surface area contributed by atoms with Gasteiger partial charge in [0.1, 0.15) is 26.0 Å². The third kappa shape index (κ3) is 5.03. The lowest BCUT2D eigenvalue weighted by Crippen LogP contribution is -2.59. The number of aromatic nitrogens is 3. The zero-order valence-corrected chi connectivity index (χ0v) is 18.1. The molecule has 0 saturated carbocycles. The minimum atomic E-state index is -2.47. The number of nitrogens with zero attached hydrogens (tertiary/aromatic N) is 3. The van der Waals surface area contributed by atoms with Crippen molar-refractivity contribution in [2.45, 2.75) is 21.0 Å². The van der Waals surface area contributed by atoms with Crippen LogP contribution >= 0.6 is 46.6 Å². The van der Waals surface area contributed by atoms with E-state index in [1.165, 1.54) is 30.6 Å². The van der Waals surface area contributed by atoms with E-state index in [1.807, 2.05) is 0 Å². The zero-order chi connectivity index (χ0) is 19.7. The molecule has 142 valence electrons. The highest BCUT2D eigenvalue weighted by Crippen LogP contribution is 2.42. The molecule has 0 aliphatic heterocycles. The van der Waals surface area contributed by atoms with Gasteiger partial charge in [0.15, 0.2) is 5.16 Å². The Labute approximate surface area is 175 Å². The first-order valence-corrected chi connectivity index (χ1v) is 12.5. The molecular formula is C17H14Cl3F2N3SSi. The summed E-state index contributed by atoms with van der Waals surface area (Å²) in [5.41, 5.74) is 0. The molecule has 0 spiro atoms. The molecule has 0 atom stereocenters. The molecule has 0 N–H and O–H groups in total. The third-order valence-corrected chi connectivity index (χ3v) is 9.79. The van der Waals surface area contributed by atoms with E-state index < -0.39 is 11.2 Å². The summed E-state index contributed by atoms with van der Waals surface area (Å²) in [6, 6.07) is 12.7. The van der Waals surface area contributed by atoms with Gasteiger partial charge in [-0.1, -0.05) is 76.0 Å². The average Bonchev–Trinajstić information content (AvgIpc) is 3.00. The Kier molecular flexibility index (Phi) is 6.17. The highest BCUT2D eigenvalue weighted by atomic mass is 35.6. The lowest BCUT2D eigenvalue weighted by atomic mass is 10.3. The Bertz CT molecular complexity index is 869. The minimum absolute atomic E-state index is 0.317. The van der Waals surface area contributed by atoms with Gasteiger partial charge in [-0.15, -0.1) is 0 Å². The van der Waals surface area contributed by atoms with E-state index in [2.05, 4.69) is 16.6 Å². The average molecular weight is 465 g/mol. The lowest BCUT2D eigenvalue weighted by molar-refractivity contribution is 0.628. The maximum absolute atomic E-state index is 13.4. The molecule has 0 aliphatic carbocycles. The van der Waals surface area contributed by atoms with Crippen molar-refractivity contribution in [2.24, 2.45) is 0 Å². The number of halogens is 5. The number of hydrogen-bond acceptors (Lipinski definition) is 3. The quantitative estimate of drug-likeness (QED) is 0.318. The summed E-state index contributed by atoms with van der Waals surface area (Å²) < 4.78 is 27.0. The largest absolute Gasteiger partial charge is 0.244 e. The first-order valence-electron chi connectivity index (χ1n) is 7.83. The van der Waals surface area contributed by atoms with Gasteiger partial charge in [-0.05, 0) is 36.0 Å². The Morgan fingerprint density at radius 3 is 1.89 bits per heavy atom. The van der Waals surface area contributed by atoms with Gasteiger partial charge < -0.3 is 0 Å². The van der Waals surface area contributed by atoms with Gasteiger partial charge in [-0.3, -0.25) is 0 Å². The van der Waals surface area contributed by atoms with Crippen molar-refractivity contribution < 1.29 is 8.78 Å². The van der Waals surface area contributed by atoms with Crippen molar-refractivity contribution in [3.05, 3.63) is 66.5 Å². The van der Waals surface area contributed by atoms with Crippen LogP contribution in [-0.2, 0) is 6.17 Å². The topological polar surface area (TPSA) is 30.7 Å². The fourth-order valence-electron chi connectivity index (χ4n) is 2.83. The molecule has 1 heterocycles. The molecule has 10 heteroatoms. The lowest BCUT2D eigenvalue weighted by Gasteiger charge is -2.29. The zero-order valence-electron chi connectivity index (χ0n) is 14.0. The van der Waals surface area contributed by atoms with E-state index in [4.69, 9.17) is 34.8 Å². The summed E-state index contributed by atoms with van der Waals surface area (Å²) in [4.78, 5) is 4.16. The molecule has 0 unspecified atom stereocenters. The second-order valence-electron chi connectivity index (χ2n) is 6.09. The molecule has 1 aromatic heterocycles. The molecule has 0 saturated heterocycles. The molecule has 0 fully saturated rings. The van der Waals surface area contributed by atoms with Gasteiger partial charge >= 0.3 is 0 Å². The van der Waals surface area contributed by atoms with Crippen molar-refractivity contribution in [1.82, 2.24) is 14.8 Å². The number of rotatable bonds is 5. The minimum Gasteiger partial charge on any atom is -0.243 e. The first kappa shape index (κ1) is 20.6. The van der Waals surface area contributed by atoms with Gasteiger partial charge in [0.25, 0.3) is 0 Å². The molecule has 3 nitrogen and oxygen atoms in total. The predicted octanol–water partition coefficient (Wildman–Crippen LogP) is 4.41. The van der Waals surface area contributed by atoms with Crippen molar-refractivity contribution >= 4 is 65.0 Å². The molecular weight excluding hydrogens is 451 g/mol. The highest BCUT2D eigenvalue weighted by Gasteiger charge is 2.35. The van der Waals surface area contributed by atoms with Crippen LogP contribution in [-0.4, -0.2) is 26.0 Å². The summed E-state index contributed by atoms with van der Waals surface area (Å²) in [6.45, 7) is 2.10. The maximum Gasteiger partial charge on any atom is 0.244 e. The molecule has 2 aromatic carbocycles. The molecule has 3 rings (SSSR count). The molecule has 27 heavy (non-hydrogen) atoms. The SMILES string of the molecule is C[Si](Cn1ncnc1SC(Cl)(Cl)Cl)(c1ccc(F)cc1)c1ccc(F)cc1. The molecule has 0 radical (unpaired) electrons. The van der Waals surface area contributed by atoms with Crippen LogP contribution in [0, 0.1) is 11.6 Å². The monoisotopic (exact) mass is 463 g/mol. The summed E-state index contributed by atoms with van der Waals surface area (Å²) in [6.07, 6.45) is 1.86. The van der Waals surface area contributed by atoms with Gasteiger partial charge in [0.2, 0.25) is 3.12 Å². The Hall–Kier alpha value is -1.12. The second kappa shape index (κ2) is 8.09. The van der Waals surface area contributed by atoms with Gasteiger partial charge in [0.05, 0.1) is 0 Å². The predicted molar refractivity (Wildman–Crippen MR) is 110 cm³/mol. The molecule has 0 bridgehead atoms. The van der Waals surface area contributed by atoms with Gasteiger partial charge in [-0.25, -0.2) is 18.4 Å². The normalized spacial score (nSPS) is 12.4. The van der Waals surface area contributed by atoms with Crippen LogP contribution in [0.25, 0.3) is 0 Å². The van der Waals surface area contributed by atoms with Gasteiger partial charge in [-0.2, -0.15) is 5.10 Å². The first-order chi connectivity index (χ1) is 12.7. The fraction of sp³-hybridized carbons (Fsp3) is 0.176. The van der Waals surface area contributed by atoms with Crippen LogP contribution in [0.2, 0.25) is 6.55 Å². The van der Waals surface area contributed by atoms with E-state index >= 15 is 0 Å². The molecule has 0 aliphatic rings. The Balaban J connectivity index is 2.05. The van der Waals surface area contributed by atoms with Crippen LogP contribution in [0.15, 0.2) is 60.0 Å². The van der Waals surface area contributed by atoms with E-state index in [9.17, 15) is 8.78 Å². The van der Waals surface area contributed by atoms with E-state index in [1.54, 1.807) is 28.9 Å². The fourth-order valence-corrected chi connectivity index (χ4v) is 7.42. The Morgan fingerprint density at radius 1 is 0.963 bits per heavy atom. The van der Waals surface area contributed by atoms with Crippen LogP contribution in [0.5, 0.6) is 0 Å². The molecule has 3 aromatic rings.